The van der Waals surface area contributed by atoms with Crippen molar-refractivity contribution in [3.63, 3.8) is 0 Å². The average molecular weight is 291 g/mol. The number of carbonyl (C=O) groups is 1. The maximum Gasteiger partial charge on any atom is 0.412 e. The summed E-state index contributed by atoms with van der Waals surface area (Å²) in [6, 6.07) is -0.266. The van der Waals surface area contributed by atoms with Crippen LogP contribution in [0.1, 0.15) is 13.3 Å². The van der Waals surface area contributed by atoms with Gasteiger partial charge in [-0.05, 0) is 13.3 Å². The van der Waals surface area contributed by atoms with Crippen LogP contribution < -0.4 is 5.32 Å². The lowest BCUT2D eigenvalue weighted by molar-refractivity contribution is -0.137. The van der Waals surface area contributed by atoms with Gasteiger partial charge in [0.25, 0.3) is 0 Å². The van der Waals surface area contributed by atoms with E-state index in [2.05, 4.69) is 10.2 Å². The van der Waals surface area contributed by atoms with Crippen molar-refractivity contribution >= 4 is 5.91 Å². The Morgan fingerprint density at radius 1 is 1.30 bits per heavy atom. The minimum Gasteiger partial charge on any atom is -0.337 e. The number of hydrogen-bond acceptors (Lipinski definition) is 3. The maximum absolute atomic E-state index is 12.5. The Morgan fingerprint density at radius 2 is 1.95 bits per heavy atom. The zero-order valence-corrected chi connectivity index (χ0v) is 11.5. The standard InChI is InChI=1S/C13H20F3N3O/c1-10(18-8-4-17-5-9-18)12(20)19-6-2-11(3-7-19)13(14,15)16/h2,10,17H,3-9H2,1H3. The second-order valence-electron chi connectivity index (χ2n) is 5.22. The van der Waals surface area contributed by atoms with Gasteiger partial charge in [0, 0.05) is 44.8 Å². The summed E-state index contributed by atoms with van der Waals surface area (Å²) in [5.41, 5.74) is -0.517. The molecule has 0 saturated carbocycles. The average Bonchev–Trinajstić information content (AvgIpc) is 2.46. The Kier molecular flexibility index (Phi) is 4.70. The first-order valence-electron chi connectivity index (χ1n) is 6.89. The third kappa shape index (κ3) is 3.52. The van der Waals surface area contributed by atoms with Crippen molar-refractivity contribution in [2.24, 2.45) is 0 Å². The smallest absolute Gasteiger partial charge is 0.337 e. The summed E-state index contributed by atoms with van der Waals surface area (Å²) in [4.78, 5) is 15.9. The van der Waals surface area contributed by atoms with E-state index in [1.165, 1.54) is 4.90 Å². The third-order valence-corrected chi connectivity index (χ3v) is 3.94. The first kappa shape index (κ1) is 15.3. The van der Waals surface area contributed by atoms with E-state index in [9.17, 15) is 18.0 Å². The molecule has 0 aromatic rings. The third-order valence-electron chi connectivity index (χ3n) is 3.94. The van der Waals surface area contributed by atoms with Crippen LogP contribution in [-0.4, -0.2) is 67.2 Å². The SMILES string of the molecule is CC(C(=O)N1CC=C(C(F)(F)F)CC1)N1CCNCC1. The molecule has 0 spiro atoms. The van der Waals surface area contributed by atoms with Crippen LogP contribution in [0.2, 0.25) is 0 Å². The highest BCUT2D eigenvalue weighted by atomic mass is 19.4. The van der Waals surface area contributed by atoms with E-state index in [-0.39, 0.29) is 31.5 Å². The Hall–Kier alpha value is -1.08. The summed E-state index contributed by atoms with van der Waals surface area (Å²) in [5, 5.41) is 3.21. The fourth-order valence-electron chi connectivity index (χ4n) is 2.62. The number of carbonyl (C=O) groups excluding carboxylic acids is 1. The number of alkyl halides is 3. The summed E-state index contributed by atoms with van der Waals surface area (Å²) < 4.78 is 37.6. The van der Waals surface area contributed by atoms with Gasteiger partial charge >= 0.3 is 6.18 Å². The molecule has 0 aromatic heterocycles. The molecule has 0 bridgehead atoms. The lowest BCUT2D eigenvalue weighted by Gasteiger charge is -2.36. The van der Waals surface area contributed by atoms with E-state index in [0.29, 0.717) is 0 Å². The molecule has 1 unspecified atom stereocenters. The minimum atomic E-state index is -4.26. The first-order valence-corrected chi connectivity index (χ1v) is 6.89. The van der Waals surface area contributed by atoms with Gasteiger partial charge in [-0.25, -0.2) is 0 Å². The molecule has 0 radical (unpaired) electrons. The lowest BCUT2D eigenvalue weighted by atomic mass is 10.1. The number of nitrogens with zero attached hydrogens (tertiary/aromatic N) is 2. The molecule has 1 amide bonds. The predicted octanol–water partition coefficient (Wildman–Crippen LogP) is 1.00. The molecule has 7 heteroatoms. The lowest BCUT2D eigenvalue weighted by Crippen LogP contribution is -2.54. The van der Waals surface area contributed by atoms with Gasteiger partial charge in [0.15, 0.2) is 0 Å². The van der Waals surface area contributed by atoms with E-state index in [1.807, 2.05) is 6.92 Å². The number of halogens is 3. The van der Waals surface area contributed by atoms with Crippen LogP contribution in [0, 0.1) is 0 Å². The largest absolute Gasteiger partial charge is 0.412 e. The topological polar surface area (TPSA) is 35.6 Å². The minimum absolute atomic E-state index is 0.0596. The van der Waals surface area contributed by atoms with Crippen molar-refractivity contribution < 1.29 is 18.0 Å². The van der Waals surface area contributed by atoms with Crippen molar-refractivity contribution in [3.05, 3.63) is 11.6 Å². The zero-order chi connectivity index (χ0) is 14.8. The molecule has 2 aliphatic rings. The van der Waals surface area contributed by atoms with Gasteiger partial charge in [-0.15, -0.1) is 0 Å². The van der Waals surface area contributed by atoms with Crippen LogP contribution in [0.5, 0.6) is 0 Å². The molecule has 2 rings (SSSR count). The molecule has 2 aliphatic heterocycles. The van der Waals surface area contributed by atoms with Crippen LogP contribution in [0.3, 0.4) is 0 Å². The van der Waals surface area contributed by atoms with E-state index < -0.39 is 11.7 Å². The van der Waals surface area contributed by atoms with Crippen molar-refractivity contribution in [3.8, 4) is 0 Å². The molecule has 1 N–H and O–H groups in total. The number of hydrogen-bond donors (Lipinski definition) is 1. The van der Waals surface area contributed by atoms with Gasteiger partial charge in [0.1, 0.15) is 0 Å². The van der Waals surface area contributed by atoms with E-state index >= 15 is 0 Å². The van der Waals surface area contributed by atoms with Gasteiger partial charge < -0.3 is 10.2 Å². The van der Waals surface area contributed by atoms with Crippen LogP contribution in [0.25, 0.3) is 0 Å². The highest BCUT2D eigenvalue weighted by Gasteiger charge is 2.36. The van der Waals surface area contributed by atoms with Crippen molar-refractivity contribution in [1.29, 1.82) is 0 Å². The molecule has 114 valence electrons. The summed E-state index contributed by atoms with van der Waals surface area (Å²) in [6.45, 7) is 5.32. The molecule has 1 fully saturated rings. The fraction of sp³-hybridized carbons (Fsp3) is 0.769. The quantitative estimate of drug-likeness (QED) is 0.771. The Labute approximate surface area is 116 Å². The molecule has 1 saturated heterocycles. The summed E-state index contributed by atoms with van der Waals surface area (Å²) in [7, 11) is 0. The molecule has 4 nitrogen and oxygen atoms in total. The maximum atomic E-state index is 12.5. The first-order chi connectivity index (χ1) is 9.39. The number of piperazine rings is 1. The van der Waals surface area contributed by atoms with E-state index in [0.717, 1.165) is 32.3 Å². The number of nitrogens with one attached hydrogen (secondary N) is 1. The van der Waals surface area contributed by atoms with E-state index in [1.54, 1.807) is 0 Å². The summed E-state index contributed by atoms with van der Waals surface area (Å²) in [6.07, 6.45) is -3.24. The normalized spacial score (nSPS) is 23.4. The van der Waals surface area contributed by atoms with Crippen molar-refractivity contribution in [2.45, 2.75) is 25.6 Å². The molecule has 1 atom stereocenters. The van der Waals surface area contributed by atoms with Gasteiger partial charge in [-0.3, -0.25) is 9.69 Å². The highest BCUT2D eigenvalue weighted by molar-refractivity contribution is 5.81. The molecule has 2 heterocycles. The number of amides is 1. The van der Waals surface area contributed by atoms with E-state index in [4.69, 9.17) is 0 Å². The predicted molar refractivity (Wildman–Crippen MR) is 69.2 cm³/mol. The number of rotatable bonds is 2. The Morgan fingerprint density at radius 3 is 2.45 bits per heavy atom. The van der Waals surface area contributed by atoms with Crippen LogP contribution in [0.4, 0.5) is 13.2 Å². The van der Waals surface area contributed by atoms with Gasteiger partial charge in [0.05, 0.1) is 6.04 Å². The van der Waals surface area contributed by atoms with Crippen molar-refractivity contribution in [1.82, 2.24) is 15.1 Å². The second kappa shape index (κ2) is 6.13. The molecule has 0 aromatic carbocycles. The summed E-state index contributed by atoms with van der Waals surface area (Å²) >= 11 is 0. The molecular formula is C13H20F3N3O. The molecule has 0 aliphatic carbocycles. The molecule has 20 heavy (non-hydrogen) atoms. The second-order valence-corrected chi connectivity index (χ2v) is 5.22. The molecular weight excluding hydrogens is 271 g/mol. The van der Waals surface area contributed by atoms with Crippen LogP contribution in [-0.2, 0) is 4.79 Å². The van der Waals surface area contributed by atoms with Gasteiger partial charge in [0.2, 0.25) is 5.91 Å². The highest BCUT2D eigenvalue weighted by Crippen LogP contribution is 2.30. The Bertz CT molecular complexity index is 389. The van der Waals surface area contributed by atoms with Crippen molar-refractivity contribution in [2.75, 3.05) is 39.3 Å². The fourth-order valence-corrected chi connectivity index (χ4v) is 2.62. The monoisotopic (exact) mass is 291 g/mol. The Balaban J connectivity index is 1.92. The van der Waals surface area contributed by atoms with Gasteiger partial charge in [-0.1, -0.05) is 6.08 Å². The summed E-state index contributed by atoms with van der Waals surface area (Å²) in [5.74, 6) is -0.0793. The zero-order valence-electron chi connectivity index (χ0n) is 11.5. The van der Waals surface area contributed by atoms with Crippen LogP contribution >= 0.6 is 0 Å². The van der Waals surface area contributed by atoms with Crippen LogP contribution in [0.15, 0.2) is 11.6 Å². The van der Waals surface area contributed by atoms with Gasteiger partial charge in [-0.2, -0.15) is 13.2 Å².